The molecule has 0 fully saturated rings. The highest BCUT2D eigenvalue weighted by Gasteiger charge is 2.36. The van der Waals surface area contributed by atoms with E-state index < -0.39 is 0 Å². The molecule has 2 aromatic heterocycles. The third-order valence-corrected chi connectivity index (χ3v) is 11.2. The second kappa shape index (κ2) is 10.7. The highest BCUT2D eigenvalue weighted by molar-refractivity contribution is 6.23. The van der Waals surface area contributed by atoms with Crippen LogP contribution in [0.15, 0.2) is 173 Å². The number of fused-ring (bicyclic) bond motifs is 10. The molecule has 0 aliphatic heterocycles. The third kappa shape index (κ3) is 4.08. The van der Waals surface area contributed by atoms with Gasteiger partial charge in [0.2, 0.25) is 0 Å². The zero-order valence-electron chi connectivity index (χ0n) is 28.9. The fourth-order valence-corrected chi connectivity index (χ4v) is 8.78. The Morgan fingerprint density at radius 1 is 0.462 bits per heavy atom. The first-order valence-corrected chi connectivity index (χ1v) is 17.9. The maximum absolute atomic E-state index is 7.00. The number of para-hydroxylation sites is 1. The van der Waals surface area contributed by atoms with Crippen LogP contribution >= 0.6 is 0 Å². The summed E-state index contributed by atoms with van der Waals surface area (Å²) in [6.45, 7) is 4.68. The minimum atomic E-state index is -0.121. The van der Waals surface area contributed by atoms with Gasteiger partial charge in [-0.05, 0) is 75.7 Å². The normalized spacial score (nSPS) is 13.3. The monoisotopic (exact) mass is 667 g/mol. The fourth-order valence-electron chi connectivity index (χ4n) is 8.78. The average molecular weight is 668 g/mol. The molecule has 0 saturated carbocycles. The molecule has 0 spiro atoms. The molecule has 1 aliphatic carbocycles. The molecule has 0 unspecified atom stereocenters. The summed E-state index contributed by atoms with van der Waals surface area (Å²) >= 11 is 0. The highest BCUT2D eigenvalue weighted by Crippen LogP contribution is 2.52. The van der Waals surface area contributed by atoms with Crippen LogP contribution in [0.2, 0.25) is 0 Å². The van der Waals surface area contributed by atoms with Crippen LogP contribution in [0.5, 0.6) is 0 Å². The smallest absolute Gasteiger partial charge is 0.144 e. The van der Waals surface area contributed by atoms with E-state index in [4.69, 9.17) is 8.83 Å². The Labute approximate surface area is 301 Å². The van der Waals surface area contributed by atoms with Gasteiger partial charge in [0.25, 0.3) is 0 Å². The van der Waals surface area contributed by atoms with Crippen LogP contribution in [0.1, 0.15) is 25.0 Å². The van der Waals surface area contributed by atoms with Gasteiger partial charge < -0.3 is 13.7 Å². The average Bonchev–Trinajstić information content (AvgIpc) is 3.81. The van der Waals surface area contributed by atoms with Crippen molar-refractivity contribution in [1.29, 1.82) is 0 Å². The Bertz CT molecular complexity index is 3050. The molecule has 3 heteroatoms. The molecule has 0 bridgehead atoms. The zero-order chi connectivity index (χ0) is 34.6. The fraction of sp³-hybridized carbons (Fsp3) is 0.0612. The van der Waals surface area contributed by atoms with Crippen molar-refractivity contribution in [3.05, 3.63) is 175 Å². The number of hydrogen-bond donors (Lipinski definition) is 0. The van der Waals surface area contributed by atoms with Crippen molar-refractivity contribution in [1.82, 2.24) is 0 Å². The van der Waals surface area contributed by atoms with Crippen molar-refractivity contribution >= 4 is 71.7 Å². The van der Waals surface area contributed by atoms with Gasteiger partial charge in [0, 0.05) is 55.4 Å². The zero-order valence-corrected chi connectivity index (χ0v) is 28.9. The molecule has 2 heterocycles. The molecular weight excluding hydrogens is 635 g/mol. The van der Waals surface area contributed by atoms with Crippen molar-refractivity contribution in [2.75, 3.05) is 4.90 Å². The first kappa shape index (κ1) is 29.2. The van der Waals surface area contributed by atoms with Gasteiger partial charge in [0.1, 0.15) is 22.3 Å². The predicted octanol–water partition coefficient (Wildman–Crippen LogP) is 14.1. The number of benzene rings is 8. The Morgan fingerprint density at radius 2 is 1.17 bits per heavy atom. The van der Waals surface area contributed by atoms with Gasteiger partial charge in [0.05, 0.1) is 5.69 Å². The lowest BCUT2D eigenvalue weighted by atomic mass is 9.82. The van der Waals surface area contributed by atoms with Crippen molar-refractivity contribution in [3.63, 3.8) is 0 Å². The van der Waals surface area contributed by atoms with E-state index in [1.165, 1.54) is 33.0 Å². The van der Waals surface area contributed by atoms with Gasteiger partial charge in [-0.3, -0.25) is 0 Å². The number of hydrogen-bond acceptors (Lipinski definition) is 3. The standard InChI is InChI=1S/C49H33NO2/c1-49(2)40-20-10-8-18-35(40)36-25-23-32(27-41(36)49)50(42-21-12-16-30-13-6-7-17-34(30)42)33-24-26-37-39-29-45-47(38-19-9-11-22-43(38)51-45)46(31-14-4-3-5-15-31)48(39)52-44(37)28-33/h3-29H,1-2H3. The van der Waals surface area contributed by atoms with Gasteiger partial charge in [0.15, 0.2) is 0 Å². The van der Waals surface area contributed by atoms with E-state index in [1.54, 1.807) is 0 Å². The summed E-state index contributed by atoms with van der Waals surface area (Å²) in [5.41, 5.74) is 14.1. The number of anilines is 3. The number of furan rings is 2. The molecule has 8 aromatic carbocycles. The van der Waals surface area contributed by atoms with Crippen LogP contribution < -0.4 is 4.90 Å². The van der Waals surface area contributed by atoms with E-state index in [0.29, 0.717) is 0 Å². The van der Waals surface area contributed by atoms with Crippen molar-refractivity contribution in [3.8, 4) is 22.3 Å². The molecule has 52 heavy (non-hydrogen) atoms. The van der Waals surface area contributed by atoms with E-state index in [1.807, 2.05) is 12.1 Å². The van der Waals surface area contributed by atoms with Gasteiger partial charge >= 0.3 is 0 Å². The molecule has 0 saturated heterocycles. The lowest BCUT2D eigenvalue weighted by molar-refractivity contribution is 0.660. The van der Waals surface area contributed by atoms with E-state index >= 15 is 0 Å². The third-order valence-electron chi connectivity index (χ3n) is 11.2. The molecule has 11 rings (SSSR count). The SMILES string of the molecule is CC1(C)c2ccccc2-c2ccc(N(c3ccc4c(c3)oc3c(-c5ccccc5)c5c(cc34)oc3ccccc35)c3cccc4ccccc34)cc21. The molecular formula is C49H33NO2. The Morgan fingerprint density at radius 3 is 2.08 bits per heavy atom. The Kier molecular flexibility index (Phi) is 6.01. The largest absolute Gasteiger partial charge is 0.456 e. The minimum absolute atomic E-state index is 0.121. The molecule has 0 atom stereocenters. The molecule has 0 amide bonds. The van der Waals surface area contributed by atoms with Crippen LogP contribution in [-0.2, 0) is 5.41 Å². The first-order chi connectivity index (χ1) is 25.5. The Hall–Kier alpha value is -6.58. The molecule has 0 N–H and O–H groups in total. The van der Waals surface area contributed by atoms with Gasteiger partial charge in [-0.1, -0.05) is 129 Å². The Balaban J connectivity index is 1.17. The van der Waals surface area contributed by atoms with Crippen molar-refractivity contribution < 1.29 is 8.83 Å². The maximum atomic E-state index is 7.00. The summed E-state index contributed by atoms with van der Waals surface area (Å²) in [5, 5.41) is 6.65. The molecule has 3 nitrogen and oxygen atoms in total. The van der Waals surface area contributed by atoms with Crippen molar-refractivity contribution in [2.24, 2.45) is 0 Å². The van der Waals surface area contributed by atoms with Crippen LogP contribution in [0, 0.1) is 0 Å². The highest BCUT2D eigenvalue weighted by atomic mass is 16.3. The first-order valence-electron chi connectivity index (χ1n) is 17.9. The van der Waals surface area contributed by atoms with Gasteiger partial charge in [-0.2, -0.15) is 0 Å². The van der Waals surface area contributed by atoms with E-state index in [2.05, 4.69) is 170 Å². The minimum Gasteiger partial charge on any atom is -0.456 e. The van der Waals surface area contributed by atoms with Crippen LogP contribution in [0.25, 0.3) is 76.9 Å². The topological polar surface area (TPSA) is 29.5 Å². The molecule has 1 aliphatic rings. The second-order valence-electron chi connectivity index (χ2n) is 14.5. The number of nitrogens with zero attached hydrogens (tertiary/aromatic N) is 1. The van der Waals surface area contributed by atoms with E-state index in [-0.39, 0.29) is 5.41 Å². The van der Waals surface area contributed by atoms with Crippen LogP contribution in [0.4, 0.5) is 17.1 Å². The summed E-state index contributed by atoms with van der Waals surface area (Å²) < 4.78 is 13.5. The summed E-state index contributed by atoms with van der Waals surface area (Å²) in [4.78, 5) is 2.39. The summed E-state index contributed by atoms with van der Waals surface area (Å²) in [6, 6.07) is 58.6. The molecule has 0 radical (unpaired) electrons. The quantitative estimate of drug-likeness (QED) is 0.187. The lowest BCUT2D eigenvalue weighted by Crippen LogP contribution is -2.16. The number of rotatable bonds is 4. The van der Waals surface area contributed by atoms with E-state index in [9.17, 15) is 0 Å². The predicted molar refractivity (Wildman–Crippen MR) is 216 cm³/mol. The van der Waals surface area contributed by atoms with Gasteiger partial charge in [-0.25, -0.2) is 0 Å². The van der Waals surface area contributed by atoms with E-state index in [0.717, 1.165) is 72.1 Å². The lowest BCUT2D eigenvalue weighted by Gasteiger charge is -2.29. The maximum Gasteiger partial charge on any atom is 0.144 e. The summed E-state index contributed by atoms with van der Waals surface area (Å²) in [5.74, 6) is 0. The summed E-state index contributed by atoms with van der Waals surface area (Å²) in [6.07, 6.45) is 0. The molecule has 246 valence electrons. The van der Waals surface area contributed by atoms with Gasteiger partial charge in [-0.15, -0.1) is 0 Å². The summed E-state index contributed by atoms with van der Waals surface area (Å²) in [7, 11) is 0. The van der Waals surface area contributed by atoms with Crippen molar-refractivity contribution in [2.45, 2.75) is 19.3 Å². The molecule has 10 aromatic rings. The van der Waals surface area contributed by atoms with Crippen LogP contribution in [0.3, 0.4) is 0 Å². The van der Waals surface area contributed by atoms with Crippen LogP contribution in [-0.4, -0.2) is 0 Å². The second-order valence-corrected chi connectivity index (χ2v) is 14.5.